The molecule has 1 saturated heterocycles. The van der Waals surface area contributed by atoms with Crippen molar-refractivity contribution in [3.8, 4) is 0 Å². The number of carbonyl (C=O) groups excluding carboxylic acids is 1. The van der Waals surface area contributed by atoms with E-state index in [0.29, 0.717) is 5.69 Å². The van der Waals surface area contributed by atoms with Crippen molar-refractivity contribution in [1.82, 2.24) is 29.7 Å². The fourth-order valence-electron chi connectivity index (χ4n) is 5.56. The monoisotopic (exact) mass is 443 g/mol. The molecule has 1 spiro atoms. The number of hydrogen-bond acceptors (Lipinski definition) is 7. The first-order chi connectivity index (χ1) is 16.0. The summed E-state index contributed by atoms with van der Waals surface area (Å²) in [4.78, 5) is 31.5. The Morgan fingerprint density at radius 1 is 1.09 bits per heavy atom. The van der Waals surface area contributed by atoms with Crippen molar-refractivity contribution in [2.24, 2.45) is 0 Å². The van der Waals surface area contributed by atoms with E-state index in [2.05, 4.69) is 49.3 Å². The van der Waals surface area contributed by atoms with Crippen LogP contribution in [-0.4, -0.2) is 70.0 Å². The topological polar surface area (TPSA) is 79.2 Å². The molecule has 3 aliphatic rings. The van der Waals surface area contributed by atoms with Gasteiger partial charge in [0.2, 0.25) is 11.6 Å². The standard InChI is InChI=1S/C25H29N7O/c1-17-21-13-18-14-27-23(29-24(18)32(21)25(16-28-17)7-3-4-8-25)22(33)20-6-5-19(15-26-20)31-11-9-30(2)10-12-31/h5-6,13-15,28H,1,3-4,7-12,16H2,2H3. The number of pyridine rings is 1. The van der Waals surface area contributed by atoms with Gasteiger partial charge >= 0.3 is 0 Å². The largest absolute Gasteiger partial charge is 0.381 e. The molecule has 1 aliphatic carbocycles. The highest BCUT2D eigenvalue weighted by atomic mass is 16.1. The van der Waals surface area contributed by atoms with E-state index in [1.807, 2.05) is 6.07 Å². The highest BCUT2D eigenvalue weighted by Gasteiger charge is 2.41. The summed E-state index contributed by atoms with van der Waals surface area (Å²) < 4.78 is 2.32. The average Bonchev–Trinajstić information content (AvgIpc) is 3.47. The molecule has 5 heterocycles. The predicted octanol–water partition coefficient (Wildman–Crippen LogP) is 2.65. The number of ketones is 1. The molecule has 1 N–H and O–H groups in total. The summed E-state index contributed by atoms with van der Waals surface area (Å²) in [5.74, 6) is -0.0499. The smallest absolute Gasteiger partial charge is 0.248 e. The molecule has 0 radical (unpaired) electrons. The van der Waals surface area contributed by atoms with Gasteiger partial charge in [0.05, 0.1) is 28.8 Å². The van der Waals surface area contributed by atoms with E-state index < -0.39 is 0 Å². The number of aromatic nitrogens is 4. The van der Waals surface area contributed by atoms with Gasteiger partial charge in [-0.05, 0) is 38.1 Å². The molecule has 0 amide bonds. The normalized spacial score (nSPS) is 20.3. The Bertz CT molecular complexity index is 1230. The van der Waals surface area contributed by atoms with Crippen molar-refractivity contribution < 1.29 is 4.79 Å². The number of likely N-dealkylation sites (N-methyl/N-ethyl adjacent to an activating group) is 1. The van der Waals surface area contributed by atoms with Crippen LogP contribution in [0.4, 0.5) is 5.69 Å². The van der Waals surface area contributed by atoms with Crippen LogP contribution in [0.5, 0.6) is 0 Å². The number of nitrogens with one attached hydrogen (secondary N) is 1. The number of fused-ring (bicyclic) bond motifs is 4. The van der Waals surface area contributed by atoms with E-state index in [1.165, 1.54) is 12.8 Å². The van der Waals surface area contributed by atoms with E-state index in [9.17, 15) is 4.79 Å². The summed E-state index contributed by atoms with van der Waals surface area (Å²) in [6.07, 6.45) is 8.16. The summed E-state index contributed by atoms with van der Waals surface area (Å²) >= 11 is 0. The SMILES string of the molecule is C=C1NCC2(CCCC2)n2c1cc1cnc(C(=O)c3ccc(N4CCN(C)CC4)cn3)nc12. The lowest BCUT2D eigenvalue weighted by molar-refractivity contribution is 0.102. The fraction of sp³-hybridized carbons (Fsp3) is 0.440. The first-order valence-corrected chi connectivity index (χ1v) is 11.8. The van der Waals surface area contributed by atoms with Gasteiger partial charge in [-0.25, -0.2) is 9.97 Å². The molecule has 0 aromatic carbocycles. The van der Waals surface area contributed by atoms with Crippen LogP contribution in [0.3, 0.4) is 0 Å². The number of nitrogens with zero attached hydrogens (tertiary/aromatic N) is 6. The van der Waals surface area contributed by atoms with Gasteiger partial charge in [0.1, 0.15) is 11.3 Å². The third kappa shape index (κ3) is 3.31. The molecular weight excluding hydrogens is 414 g/mol. The second-order valence-electron chi connectivity index (χ2n) is 9.62. The Balaban J connectivity index is 1.33. The lowest BCUT2D eigenvalue weighted by Gasteiger charge is -2.38. The number of anilines is 1. The Morgan fingerprint density at radius 3 is 2.61 bits per heavy atom. The van der Waals surface area contributed by atoms with E-state index >= 15 is 0 Å². The Morgan fingerprint density at radius 2 is 1.88 bits per heavy atom. The van der Waals surface area contributed by atoms with E-state index in [1.54, 1.807) is 18.5 Å². The minimum Gasteiger partial charge on any atom is -0.381 e. The quantitative estimate of drug-likeness (QED) is 0.624. The first kappa shape index (κ1) is 20.4. The Labute approximate surface area is 193 Å². The lowest BCUT2D eigenvalue weighted by atomic mass is 9.94. The van der Waals surface area contributed by atoms with Crippen LogP contribution in [0.2, 0.25) is 0 Å². The lowest BCUT2D eigenvalue weighted by Crippen LogP contribution is -2.45. The third-order valence-corrected chi connectivity index (χ3v) is 7.54. The van der Waals surface area contributed by atoms with Crippen molar-refractivity contribution >= 4 is 28.2 Å². The minimum atomic E-state index is -0.245. The highest BCUT2D eigenvalue weighted by Crippen LogP contribution is 2.43. The second kappa shape index (κ2) is 7.66. The van der Waals surface area contributed by atoms with Crippen molar-refractivity contribution in [2.45, 2.75) is 31.2 Å². The van der Waals surface area contributed by atoms with Crippen LogP contribution in [0.15, 0.2) is 37.2 Å². The molecule has 0 atom stereocenters. The molecule has 1 saturated carbocycles. The maximum atomic E-state index is 13.2. The molecule has 2 aliphatic heterocycles. The van der Waals surface area contributed by atoms with Gasteiger partial charge in [-0.2, -0.15) is 0 Å². The number of rotatable bonds is 3. The molecule has 0 unspecified atom stereocenters. The number of hydrogen-bond donors (Lipinski definition) is 1. The van der Waals surface area contributed by atoms with Crippen LogP contribution in [0.1, 0.15) is 47.7 Å². The molecule has 3 aromatic heterocycles. The van der Waals surface area contributed by atoms with Gasteiger partial charge < -0.3 is 19.7 Å². The average molecular weight is 444 g/mol. The summed E-state index contributed by atoms with van der Waals surface area (Å²) in [5.41, 5.74) is 4.19. The predicted molar refractivity (Wildman–Crippen MR) is 128 cm³/mol. The van der Waals surface area contributed by atoms with Crippen LogP contribution in [0, 0.1) is 0 Å². The van der Waals surface area contributed by atoms with Crippen LogP contribution >= 0.6 is 0 Å². The minimum absolute atomic E-state index is 0.00461. The Hall–Kier alpha value is -3.26. The maximum Gasteiger partial charge on any atom is 0.248 e. The molecular formula is C25H29N7O. The molecule has 3 aromatic rings. The third-order valence-electron chi connectivity index (χ3n) is 7.54. The van der Waals surface area contributed by atoms with E-state index in [0.717, 1.165) is 73.7 Å². The van der Waals surface area contributed by atoms with Gasteiger partial charge in [0, 0.05) is 44.3 Å². The zero-order valence-electron chi connectivity index (χ0n) is 19.0. The summed E-state index contributed by atoms with van der Waals surface area (Å²) in [7, 11) is 2.14. The maximum absolute atomic E-state index is 13.2. The van der Waals surface area contributed by atoms with Gasteiger partial charge in [0.25, 0.3) is 0 Å². The van der Waals surface area contributed by atoms with Crippen molar-refractivity contribution in [3.05, 3.63) is 54.4 Å². The molecule has 33 heavy (non-hydrogen) atoms. The fourth-order valence-corrected chi connectivity index (χ4v) is 5.56. The van der Waals surface area contributed by atoms with Gasteiger partial charge in [-0.15, -0.1) is 0 Å². The number of piperazine rings is 1. The molecule has 6 rings (SSSR count). The zero-order valence-corrected chi connectivity index (χ0v) is 19.0. The summed E-state index contributed by atoms with van der Waals surface area (Å²) in [6.45, 7) is 9.03. The Kier molecular flexibility index (Phi) is 4.72. The molecule has 0 bridgehead atoms. The number of carbonyl (C=O) groups is 1. The summed E-state index contributed by atoms with van der Waals surface area (Å²) in [6, 6.07) is 5.86. The van der Waals surface area contributed by atoms with Gasteiger partial charge in [-0.1, -0.05) is 19.4 Å². The summed E-state index contributed by atoms with van der Waals surface area (Å²) in [5, 5.41) is 4.42. The van der Waals surface area contributed by atoms with Crippen molar-refractivity contribution in [1.29, 1.82) is 0 Å². The van der Waals surface area contributed by atoms with Crippen molar-refractivity contribution in [2.75, 3.05) is 44.7 Å². The van der Waals surface area contributed by atoms with E-state index in [-0.39, 0.29) is 17.1 Å². The molecule has 2 fully saturated rings. The second-order valence-corrected chi connectivity index (χ2v) is 9.62. The molecule has 8 nitrogen and oxygen atoms in total. The highest BCUT2D eigenvalue weighted by molar-refractivity contribution is 6.06. The molecule has 8 heteroatoms. The first-order valence-electron chi connectivity index (χ1n) is 11.8. The van der Waals surface area contributed by atoms with Crippen LogP contribution < -0.4 is 10.2 Å². The van der Waals surface area contributed by atoms with Crippen LogP contribution in [0.25, 0.3) is 16.7 Å². The molecule has 170 valence electrons. The van der Waals surface area contributed by atoms with Crippen LogP contribution in [-0.2, 0) is 5.54 Å². The van der Waals surface area contributed by atoms with E-state index in [4.69, 9.17) is 4.98 Å². The van der Waals surface area contributed by atoms with Crippen molar-refractivity contribution in [3.63, 3.8) is 0 Å². The van der Waals surface area contributed by atoms with Gasteiger partial charge in [0.15, 0.2) is 0 Å². The zero-order chi connectivity index (χ0) is 22.6. The van der Waals surface area contributed by atoms with Gasteiger partial charge in [-0.3, -0.25) is 9.78 Å².